The summed E-state index contributed by atoms with van der Waals surface area (Å²) in [5.74, 6) is -0.00707. The molecule has 0 saturated carbocycles. The molecule has 1 amide bonds. The number of aromatic nitrogens is 1. The van der Waals surface area contributed by atoms with Crippen LogP contribution in [0, 0.1) is 13.8 Å². The third kappa shape index (κ3) is 3.67. The summed E-state index contributed by atoms with van der Waals surface area (Å²) in [5.41, 5.74) is 5.31. The van der Waals surface area contributed by atoms with Crippen LogP contribution in [-0.4, -0.2) is 38.1 Å². The monoisotopic (exact) mass is 479 g/mol. The first-order valence-electron chi connectivity index (χ1n) is 11.7. The van der Waals surface area contributed by atoms with Crippen LogP contribution in [0.1, 0.15) is 31.8 Å². The number of pyridine rings is 1. The molecule has 0 saturated heterocycles. The summed E-state index contributed by atoms with van der Waals surface area (Å²) in [6.45, 7) is 3.92. The molecule has 2 heterocycles. The number of quaternary nitrogens is 1. The first-order valence-corrected chi connectivity index (χ1v) is 11.7. The molecule has 36 heavy (non-hydrogen) atoms. The number of rotatable bonds is 4. The molecule has 0 unspecified atom stereocenters. The standard InChI is InChI=1S/C30H27N2O4/c1-18-15-16-24(32(3,4)29(33)20-11-7-6-8-12-20)26-22(30(34)35-5)17-23(31-27(18)26)28-19(2)21-13-9-10-14-25(21)36-28/h6-17H,1-5H3/q+1. The van der Waals surface area contributed by atoms with E-state index >= 15 is 0 Å². The Morgan fingerprint density at radius 2 is 1.61 bits per heavy atom. The summed E-state index contributed by atoms with van der Waals surface area (Å²) in [4.78, 5) is 31.7. The van der Waals surface area contributed by atoms with E-state index in [1.54, 1.807) is 18.2 Å². The van der Waals surface area contributed by atoms with Gasteiger partial charge < -0.3 is 9.15 Å². The van der Waals surface area contributed by atoms with Crippen molar-refractivity contribution in [1.29, 1.82) is 0 Å². The van der Waals surface area contributed by atoms with Gasteiger partial charge in [0.2, 0.25) is 0 Å². The Bertz CT molecular complexity index is 1650. The van der Waals surface area contributed by atoms with Gasteiger partial charge in [-0.15, -0.1) is 0 Å². The number of carbonyl (C=O) groups is 2. The molecule has 0 radical (unpaired) electrons. The van der Waals surface area contributed by atoms with Crippen LogP contribution in [0.5, 0.6) is 0 Å². The zero-order valence-electron chi connectivity index (χ0n) is 21.0. The first-order chi connectivity index (χ1) is 17.2. The largest absolute Gasteiger partial charge is 0.465 e. The molecule has 0 bridgehead atoms. The summed E-state index contributed by atoms with van der Waals surface area (Å²) in [5, 5.41) is 1.58. The third-order valence-corrected chi connectivity index (χ3v) is 6.75. The second kappa shape index (κ2) is 8.73. The number of para-hydroxylation sites is 1. The molecule has 0 spiro atoms. The fraction of sp³-hybridized carbons (Fsp3) is 0.167. The number of hydrogen-bond donors (Lipinski definition) is 0. The molecular weight excluding hydrogens is 452 g/mol. The van der Waals surface area contributed by atoms with Gasteiger partial charge in [-0.1, -0.05) is 42.5 Å². The van der Waals surface area contributed by atoms with E-state index in [1.807, 2.05) is 82.5 Å². The highest BCUT2D eigenvalue weighted by Gasteiger charge is 2.35. The fourth-order valence-corrected chi connectivity index (χ4v) is 4.74. The van der Waals surface area contributed by atoms with Gasteiger partial charge >= 0.3 is 11.9 Å². The van der Waals surface area contributed by atoms with Crippen LogP contribution in [0.3, 0.4) is 0 Å². The van der Waals surface area contributed by atoms with E-state index in [0.717, 1.165) is 22.1 Å². The van der Waals surface area contributed by atoms with Crippen LogP contribution < -0.4 is 4.48 Å². The van der Waals surface area contributed by atoms with Gasteiger partial charge in [0.25, 0.3) is 0 Å². The molecule has 0 N–H and O–H groups in total. The van der Waals surface area contributed by atoms with Crippen molar-refractivity contribution in [2.24, 2.45) is 0 Å². The van der Waals surface area contributed by atoms with Gasteiger partial charge in [-0.3, -0.25) is 0 Å². The van der Waals surface area contributed by atoms with Crippen LogP contribution in [-0.2, 0) is 4.74 Å². The summed E-state index contributed by atoms with van der Waals surface area (Å²) in [6.07, 6.45) is 0. The van der Waals surface area contributed by atoms with Crippen LogP contribution in [0.2, 0.25) is 0 Å². The average Bonchev–Trinajstić information content (AvgIpc) is 3.24. The number of esters is 1. The Labute approximate surface area is 209 Å². The zero-order chi connectivity index (χ0) is 25.6. The normalized spacial score (nSPS) is 11.7. The fourth-order valence-electron chi connectivity index (χ4n) is 4.74. The number of methoxy groups -OCH3 is 1. The number of amides is 1. The molecule has 2 aromatic heterocycles. The van der Waals surface area contributed by atoms with Gasteiger partial charge in [-0.25, -0.2) is 19.1 Å². The highest BCUT2D eigenvalue weighted by Crippen LogP contribution is 2.39. The van der Waals surface area contributed by atoms with Crippen molar-refractivity contribution < 1.29 is 18.7 Å². The number of furan rings is 1. The molecule has 0 aliphatic carbocycles. The number of nitrogens with zero attached hydrogens (tertiary/aromatic N) is 2. The van der Waals surface area contributed by atoms with E-state index < -0.39 is 5.97 Å². The molecule has 3 aromatic carbocycles. The zero-order valence-corrected chi connectivity index (χ0v) is 21.0. The lowest BCUT2D eigenvalue weighted by Crippen LogP contribution is -2.46. The second-order valence-electron chi connectivity index (χ2n) is 9.35. The van der Waals surface area contributed by atoms with Gasteiger partial charge in [-0.2, -0.15) is 0 Å². The van der Waals surface area contributed by atoms with E-state index in [2.05, 4.69) is 0 Å². The number of fused-ring (bicyclic) bond motifs is 2. The van der Waals surface area contributed by atoms with E-state index in [4.69, 9.17) is 14.1 Å². The van der Waals surface area contributed by atoms with Crippen LogP contribution in [0.15, 0.2) is 77.2 Å². The maximum atomic E-state index is 13.6. The van der Waals surface area contributed by atoms with Gasteiger partial charge in [0.05, 0.1) is 43.2 Å². The number of hydrogen-bond acceptors (Lipinski definition) is 5. The number of carbonyl (C=O) groups excluding carboxylic acids is 2. The molecule has 0 aliphatic heterocycles. The predicted molar refractivity (Wildman–Crippen MR) is 142 cm³/mol. The minimum atomic E-state index is -0.503. The second-order valence-corrected chi connectivity index (χ2v) is 9.35. The SMILES string of the molecule is COC(=O)c1cc(-c2oc3ccccc3c2C)nc2c(C)ccc([N+](C)(C)C(=O)c3ccccc3)c12. The number of aryl methyl sites for hydroxylation is 2. The molecule has 6 heteroatoms. The maximum Gasteiger partial charge on any atom is 0.350 e. The van der Waals surface area contributed by atoms with E-state index in [0.29, 0.717) is 39.2 Å². The van der Waals surface area contributed by atoms with Crippen molar-refractivity contribution in [2.75, 3.05) is 21.2 Å². The molecule has 0 aliphatic rings. The Balaban J connectivity index is 1.80. The summed E-state index contributed by atoms with van der Waals surface area (Å²) >= 11 is 0. The lowest BCUT2D eigenvalue weighted by Gasteiger charge is -2.28. The molecule has 6 nitrogen and oxygen atoms in total. The molecule has 0 atom stereocenters. The quantitative estimate of drug-likeness (QED) is 0.219. The van der Waals surface area contributed by atoms with E-state index in [1.165, 1.54) is 7.11 Å². The minimum absolute atomic E-state index is 0.102. The molecule has 5 aromatic rings. The van der Waals surface area contributed by atoms with Crippen molar-refractivity contribution in [3.63, 3.8) is 0 Å². The van der Waals surface area contributed by atoms with Crippen LogP contribution in [0.4, 0.5) is 5.69 Å². The van der Waals surface area contributed by atoms with Gasteiger partial charge in [0.1, 0.15) is 11.3 Å². The smallest absolute Gasteiger partial charge is 0.350 e. The number of ether oxygens (including phenoxy) is 1. The van der Waals surface area contributed by atoms with E-state index in [9.17, 15) is 9.59 Å². The Hall–Kier alpha value is -4.29. The van der Waals surface area contributed by atoms with Crippen molar-refractivity contribution in [3.05, 3.63) is 95.1 Å². The molecule has 5 rings (SSSR count). The van der Waals surface area contributed by atoms with Gasteiger partial charge in [0, 0.05) is 17.0 Å². The number of benzene rings is 3. The summed E-state index contributed by atoms with van der Waals surface area (Å²) < 4.78 is 11.2. The lowest BCUT2D eigenvalue weighted by atomic mass is 9.99. The minimum Gasteiger partial charge on any atom is -0.465 e. The lowest BCUT2D eigenvalue weighted by molar-refractivity contribution is 0.0602. The van der Waals surface area contributed by atoms with Crippen molar-refractivity contribution in [3.8, 4) is 11.5 Å². The van der Waals surface area contributed by atoms with Crippen molar-refractivity contribution >= 4 is 39.4 Å². The summed E-state index contributed by atoms with van der Waals surface area (Å²) in [7, 11) is 4.99. The van der Waals surface area contributed by atoms with E-state index in [-0.39, 0.29) is 10.4 Å². The Kier molecular flexibility index (Phi) is 5.69. The third-order valence-electron chi connectivity index (χ3n) is 6.75. The topological polar surface area (TPSA) is 69.4 Å². The first kappa shape index (κ1) is 23.5. The highest BCUT2D eigenvalue weighted by molar-refractivity contribution is 6.14. The van der Waals surface area contributed by atoms with Gasteiger partial charge in [-0.05, 0) is 43.7 Å². The van der Waals surface area contributed by atoms with Crippen molar-refractivity contribution in [1.82, 2.24) is 9.47 Å². The Morgan fingerprint density at radius 1 is 0.917 bits per heavy atom. The molecular formula is C30H27N2O4+. The average molecular weight is 480 g/mol. The summed E-state index contributed by atoms with van der Waals surface area (Å²) in [6, 6.07) is 22.4. The van der Waals surface area contributed by atoms with Crippen molar-refractivity contribution in [2.45, 2.75) is 13.8 Å². The Morgan fingerprint density at radius 3 is 2.31 bits per heavy atom. The van der Waals surface area contributed by atoms with Crippen LogP contribution >= 0.6 is 0 Å². The van der Waals surface area contributed by atoms with Gasteiger partial charge in [0.15, 0.2) is 11.4 Å². The predicted octanol–water partition coefficient (Wildman–Crippen LogP) is 6.46. The van der Waals surface area contributed by atoms with Crippen LogP contribution in [0.25, 0.3) is 33.3 Å². The molecule has 180 valence electrons. The maximum absolute atomic E-state index is 13.6. The highest BCUT2D eigenvalue weighted by atomic mass is 16.5. The molecule has 0 fully saturated rings.